The van der Waals surface area contributed by atoms with Crippen molar-refractivity contribution in [1.29, 1.82) is 0 Å². The number of aromatic nitrogens is 2. The van der Waals surface area contributed by atoms with Crippen LogP contribution in [0.5, 0.6) is 6.01 Å². The van der Waals surface area contributed by atoms with Crippen LogP contribution < -0.4 is 4.74 Å². The van der Waals surface area contributed by atoms with Crippen LogP contribution in [0.3, 0.4) is 0 Å². The molecule has 28 heavy (non-hydrogen) atoms. The number of halogens is 1. The van der Waals surface area contributed by atoms with Crippen molar-refractivity contribution in [2.24, 2.45) is 0 Å². The van der Waals surface area contributed by atoms with E-state index in [1.54, 1.807) is 25.4 Å². The number of ether oxygens (including phenoxy) is 1. The van der Waals surface area contributed by atoms with E-state index >= 15 is 0 Å². The molecule has 0 spiro atoms. The van der Waals surface area contributed by atoms with Gasteiger partial charge in [-0.3, -0.25) is 0 Å². The van der Waals surface area contributed by atoms with Crippen molar-refractivity contribution in [3.05, 3.63) is 67.0 Å². The number of aryl methyl sites for hydroxylation is 1. The third-order valence-corrected chi connectivity index (χ3v) is 4.76. The smallest absolute Gasteiger partial charge is 0.316 e. The third kappa shape index (κ3) is 5.62. The van der Waals surface area contributed by atoms with Crippen LogP contribution >= 0.6 is 0 Å². The van der Waals surface area contributed by atoms with Crippen LogP contribution in [-0.4, -0.2) is 22.7 Å². The van der Waals surface area contributed by atoms with Crippen molar-refractivity contribution in [2.75, 3.05) is 6.61 Å². The molecule has 0 bridgehead atoms. The zero-order valence-electron chi connectivity index (χ0n) is 16.4. The Morgan fingerprint density at radius 2 is 1.75 bits per heavy atom. The summed E-state index contributed by atoms with van der Waals surface area (Å²) in [6.45, 7) is 5.64. The van der Waals surface area contributed by atoms with E-state index in [1.807, 2.05) is 0 Å². The van der Waals surface area contributed by atoms with Gasteiger partial charge in [0.2, 0.25) is 0 Å². The van der Waals surface area contributed by atoms with Gasteiger partial charge in [0.25, 0.3) is 0 Å². The lowest BCUT2D eigenvalue weighted by molar-refractivity contribution is 0.330. The van der Waals surface area contributed by atoms with Crippen LogP contribution in [0.4, 0.5) is 4.39 Å². The number of fused-ring (bicyclic) bond motifs is 1. The lowest BCUT2D eigenvalue weighted by Gasteiger charge is -2.07. The fourth-order valence-corrected chi connectivity index (χ4v) is 3.24. The first-order chi connectivity index (χ1) is 13.7. The molecule has 0 saturated carbocycles. The maximum Gasteiger partial charge on any atom is 0.316 e. The number of unbranched alkanes of at least 4 members (excludes halogenated alkanes) is 2. The Morgan fingerprint density at radius 3 is 2.50 bits per heavy atom. The van der Waals surface area contributed by atoms with Crippen molar-refractivity contribution in [2.45, 2.75) is 45.2 Å². The van der Waals surface area contributed by atoms with E-state index in [0.29, 0.717) is 19.0 Å². The van der Waals surface area contributed by atoms with Gasteiger partial charge in [0.05, 0.1) is 6.17 Å². The molecule has 0 aliphatic rings. The molecule has 3 rings (SSSR count). The monoisotopic (exact) mass is 378 g/mol. The second-order valence-corrected chi connectivity index (χ2v) is 7.13. The van der Waals surface area contributed by atoms with Gasteiger partial charge >= 0.3 is 6.01 Å². The van der Waals surface area contributed by atoms with Gasteiger partial charge in [0.1, 0.15) is 6.61 Å². The number of alkyl halides is 1. The average Bonchev–Trinajstić information content (AvgIpc) is 2.71. The standard InChI is InChI=1S/C24H27FN2O/c1-3-13-28-24-26-16-23(17-27-24)22-12-11-20-14-19(9-10-21(20)15-22)8-6-4-5-7-18(2)25/h3,9-12,14-18H,1,4-8,13H2,2H3. The summed E-state index contributed by atoms with van der Waals surface area (Å²) >= 11 is 0. The fraction of sp³-hybridized carbons (Fsp3) is 0.333. The molecule has 0 radical (unpaired) electrons. The number of benzene rings is 2. The average molecular weight is 378 g/mol. The summed E-state index contributed by atoms with van der Waals surface area (Å²) in [7, 11) is 0. The van der Waals surface area contributed by atoms with Crippen molar-refractivity contribution in [1.82, 2.24) is 9.97 Å². The van der Waals surface area contributed by atoms with Crippen LogP contribution in [0.1, 0.15) is 38.2 Å². The molecule has 0 N–H and O–H groups in total. The second-order valence-electron chi connectivity index (χ2n) is 7.13. The lowest BCUT2D eigenvalue weighted by Crippen LogP contribution is -1.97. The topological polar surface area (TPSA) is 35.0 Å². The Morgan fingerprint density at radius 1 is 1.00 bits per heavy atom. The Labute approximate surface area is 166 Å². The highest BCUT2D eigenvalue weighted by molar-refractivity contribution is 5.87. The first-order valence-corrected chi connectivity index (χ1v) is 9.88. The molecule has 1 atom stereocenters. The molecule has 146 valence electrons. The van der Waals surface area contributed by atoms with Gasteiger partial charge in [-0.1, -0.05) is 55.8 Å². The summed E-state index contributed by atoms with van der Waals surface area (Å²) < 4.78 is 18.2. The Kier molecular flexibility index (Phi) is 7.12. The minimum atomic E-state index is -0.684. The predicted octanol–water partition coefficient (Wildman–Crippen LogP) is 6.32. The second kappa shape index (κ2) is 9.98. The van der Waals surface area contributed by atoms with Gasteiger partial charge in [-0.25, -0.2) is 14.4 Å². The highest BCUT2D eigenvalue weighted by Gasteiger charge is 2.04. The third-order valence-electron chi connectivity index (χ3n) is 4.76. The number of nitrogens with zero attached hydrogens (tertiary/aromatic N) is 2. The molecular formula is C24H27FN2O. The van der Waals surface area contributed by atoms with Gasteiger partial charge in [-0.15, -0.1) is 0 Å². The van der Waals surface area contributed by atoms with Gasteiger partial charge in [-0.2, -0.15) is 0 Å². The summed E-state index contributed by atoms with van der Waals surface area (Å²) in [6.07, 6.45) is 9.40. The molecule has 4 heteroatoms. The van der Waals surface area contributed by atoms with Crippen molar-refractivity contribution in [3.8, 4) is 17.1 Å². The van der Waals surface area contributed by atoms with Crippen LogP contribution in [0.25, 0.3) is 21.9 Å². The molecule has 2 aromatic carbocycles. The van der Waals surface area contributed by atoms with Crippen LogP contribution in [0.2, 0.25) is 0 Å². The van der Waals surface area contributed by atoms with Crippen molar-refractivity contribution >= 4 is 10.8 Å². The summed E-state index contributed by atoms with van der Waals surface area (Å²) in [5.41, 5.74) is 3.37. The highest BCUT2D eigenvalue weighted by Crippen LogP contribution is 2.25. The van der Waals surface area contributed by atoms with Crippen LogP contribution in [0.15, 0.2) is 61.4 Å². The molecule has 0 amide bonds. The summed E-state index contributed by atoms with van der Waals surface area (Å²) in [5, 5.41) is 2.42. The van der Waals surface area contributed by atoms with E-state index in [0.717, 1.165) is 36.8 Å². The summed E-state index contributed by atoms with van der Waals surface area (Å²) in [5.74, 6) is 0. The van der Waals surface area contributed by atoms with Crippen LogP contribution in [-0.2, 0) is 6.42 Å². The van der Waals surface area contributed by atoms with Gasteiger partial charge in [0.15, 0.2) is 0 Å². The molecular weight excluding hydrogens is 351 g/mol. The Bertz CT molecular complexity index is 906. The molecule has 0 aliphatic carbocycles. The first kappa shape index (κ1) is 20.0. The minimum Gasteiger partial charge on any atom is -0.459 e. The molecule has 3 nitrogen and oxygen atoms in total. The normalized spacial score (nSPS) is 12.1. The number of hydrogen-bond donors (Lipinski definition) is 0. The van der Waals surface area contributed by atoms with Crippen LogP contribution in [0, 0.1) is 0 Å². The zero-order valence-corrected chi connectivity index (χ0v) is 16.4. The van der Waals surface area contributed by atoms with Gasteiger partial charge < -0.3 is 4.74 Å². The van der Waals surface area contributed by atoms with Gasteiger partial charge in [0, 0.05) is 18.0 Å². The lowest BCUT2D eigenvalue weighted by atomic mass is 9.99. The summed E-state index contributed by atoms with van der Waals surface area (Å²) in [4.78, 5) is 8.48. The summed E-state index contributed by atoms with van der Waals surface area (Å²) in [6, 6.07) is 13.4. The van der Waals surface area contributed by atoms with Crippen molar-refractivity contribution in [3.63, 3.8) is 0 Å². The molecule has 1 aromatic heterocycles. The maximum atomic E-state index is 12.8. The quantitative estimate of drug-likeness (QED) is 0.306. The van der Waals surface area contributed by atoms with E-state index < -0.39 is 6.17 Å². The van der Waals surface area contributed by atoms with E-state index in [-0.39, 0.29) is 0 Å². The van der Waals surface area contributed by atoms with E-state index in [4.69, 9.17) is 4.74 Å². The van der Waals surface area contributed by atoms with E-state index in [2.05, 4.69) is 52.9 Å². The Balaban J connectivity index is 1.64. The van der Waals surface area contributed by atoms with E-state index in [9.17, 15) is 4.39 Å². The maximum absolute atomic E-state index is 12.8. The molecule has 0 fully saturated rings. The first-order valence-electron chi connectivity index (χ1n) is 9.88. The molecule has 1 heterocycles. The van der Waals surface area contributed by atoms with E-state index in [1.165, 1.54) is 16.3 Å². The zero-order chi connectivity index (χ0) is 19.8. The Hall–Kier alpha value is -2.75. The fourth-order valence-electron chi connectivity index (χ4n) is 3.24. The molecule has 0 aliphatic heterocycles. The molecule has 0 saturated heterocycles. The van der Waals surface area contributed by atoms with Gasteiger partial charge in [-0.05, 0) is 54.2 Å². The minimum absolute atomic E-state index is 0.357. The molecule has 1 unspecified atom stereocenters. The highest BCUT2D eigenvalue weighted by atomic mass is 19.1. The largest absolute Gasteiger partial charge is 0.459 e. The number of rotatable bonds is 10. The predicted molar refractivity (Wildman–Crippen MR) is 113 cm³/mol. The molecule has 3 aromatic rings. The SMILES string of the molecule is C=CCOc1ncc(-c2ccc3cc(CCCCCC(C)F)ccc3c2)cn1. The van der Waals surface area contributed by atoms with Crippen molar-refractivity contribution < 1.29 is 9.13 Å². The number of hydrogen-bond acceptors (Lipinski definition) is 3.